The van der Waals surface area contributed by atoms with Crippen molar-refractivity contribution in [1.82, 2.24) is 9.88 Å². The number of carbonyl (C=O) groups is 2. The first-order chi connectivity index (χ1) is 15.9. The van der Waals surface area contributed by atoms with Crippen LogP contribution >= 0.6 is 0 Å². The molecule has 3 aliphatic carbocycles. The van der Waals surface area contributed by atoms with E-state index in [4.69, 9.17) is 5.11 Å². The third-order valence-electron chi connectivity index (χ3n) is 8.53. The van der Waals surface area contributed by atoms with Gasteiger partial charge in [-0.3, -0.25) is 14.6 Å². The first-order valence-electron chi connectivity index (χ1n) is 12.1. The second-order valence-corrected chi connectivity index (χ2v) is 10.3. The first-order valence-corrected chi connectivity index (χ1v) is 12.1. The van der Waals surface area contributed by atoms with Crippen LogP contribution in [0.4, 0.5) is 0 Å². The van der Waals surface area contributed by atoms with Gasteiger partial charge in [0, 0.05) is 31.5 Å². The van der Waals surface area contributed by atoms with Crippen molar-refractivity contribution in [2.75, 3.05) is 13.6 Å². The Labute approximate surface area is 195 Å². The minimum absolute atomic E-state index is 0.0356. The van der Waals surface area contributed by atoms with E-state index in [0.717, 1.165) is 12.8 Å². The molecular formula is C28H32N2O3. The highest BCUT2D eigenvalue weighted by atomic mass is 16.4. The van der Waals surface area contributed by atoms with Crippen LogP contribution in [0, 0.1) is 17.3 Å². The van der Waals surface area contributed by atoms with Crippen LogP contribution in [0.1, 0.15) is 72.0 Å². The number of carbonyl (C=O) groups excluding carboxylic acids is 1. The molecule has 0 aliphatic heterocycles. The number of aryl methyl sites for hydroxylation is 1. The molecule has 0 bridgehead atoms. The van der Waals surface area contributed by atoms with E-state index in [0.29, 0.717) is 23.3 Å². The fourth-order valence-corrected chi connectivity index (χ4v) is 6.84. The van der Waals surface area contributed by atoms with E-state index in [1.54, 1.807) is 7.05 Å². The fourth-order valence-electron chi connectivity index (χ4n) is 6.84. The van der Waals surface area contributed by atoms with Crippen molar-refractivity contribution in [3.05, 3.63) is 71.1 Å². The maximum atomic E-state index is 12.8. The largest absolute Gasteiger partial charge is 0.481 e. The van der Waals surface area contributed by atoms with Crippen molar-refractivity contribution in [2.24, 2.45) is 17.3 Å². The molecule has 2 aromatic rings. The second kappa shape index (κ2) is 8.44. The lowest BCUT2D eigenvalue weighted by molar-refractivity contribution is -0.137. The number of allylic oxidation sites excluding steroid dienone is 2. The Balaban J connectivity index is 1.35. The van der Waals surface area contributed by atoms with Crippen LogP contribution in [-0.4, -0.2) is 40.5 Å². The van der Waals surface area contributed by atoms with Crippen molar-refractivity contribution in [1.29, 1.82) is 0 Å². The number of fused-ring (bicyclic) bond motifs is 5. The molecule has 0 radical (unpaired) electrons. The van der Waals surface area contributed by atoms with E-state index in [-0.39, 0.29) is 24.3 Å². The Morgan fingerprint density at radius 2 is 2.09 bits per heavy atom. The normalized spacial score (nSPS) is 27.7. The molecule has 0 spiro atoms. The lowest BCUT2D eigenvalue weighted by Gasteiger charge is -2.50. The van der Waals surface area contributed by atoms with Gasteiger partial charge in [-0.15, -0.1) is 0 Å². The molecule has 4 atom stereocenters. The van der Waals surface area contributed by atoms with Crippen molar-refractivity contribution < 1.29 is 14.7 Å². The highest BCUT2D eigenvalue weighted by molar-refractivity contribution is 5.94. The number of benzene rings is 1. The van der Waals surface area contributed by atoms with Gasteiger partial charge in [0.2, 0.25) is 0 Å². The summed E-state index contributed by atoms with van der Waals surface area (Å²) in [6, 6.07) is 10.4. The fraction of sp³-hybridized carbons (Fsp3) is 0.464. The van der Waals surface area contributed by atoms with Gasteiger partial charge in [-0.1, -0.05) is 25.1 Å². The SMILES string of the molecule is CN(CCC(=O)O)C(=O)c1ccc2c(c1)CC[C@@H]1[C@@H]2CC[C@]2(C)C(c3cccnc3)=CC[C@@H]12. The third-order valence-corrected chi connectivity index (χ3v) is 8.53. The molecule has 0 unspecified atom stereocenters. The van der Waals surface area contributed by atoms with Gasteiger partial charge in [0.05, 0.1) is 6.42 Å². The van der Waals surface area contributed by atoms with Crippen molar-refractivity contribution in [3.8, 4) is 0 Å². The number of carboxylic acid groups (broad SMARTS) is 1. The molecule has 1 aromatic heterocycles. The maximum Gasteiger partial charge on any atom is 0.305 e. The van der Waals surface area contributed by atoms with E-state index in [1.165, 1.54) is 46.4 Å². The van der Waals surface area contributed by atoms with Crippen LogP contribution in [0.3, 0.4) is 0 Å². The van der Waals surface area contributed by atoms with Gasteiger partial charge < -0.3 is 10.0 Å². The maximum absolute atomic E-state index is 12.8. The quantitative estimate of drug-likeness (QED) is 0.690. The molecule has 5 rings (SSSR count). The van der Waals surface area contributed by atoms with E-state index in [1.807, 2.05) is 24.5 Å². The molecule has 1 heterocycles. The van der Waals surface area contributed by atoms with Crippen LogP contribution < -0.4 is 0 Å². The molecule has 1 saturated carbocycles. The van der Waals surface area contributed by atoms with Crippen LogP contribution in [0.15, 0.2) is 48.8 Å². The Morgan fingerprint density at radius 1 is 1.24 bits per heavy atom. The average Bonchev–Trinajstić information content (AvgIpc) is 3.19. The summed E-state index contributed by atoms with van der Waals surface area (Å²) in [7, 11) is 1.68. The predicted molar refractivity (Wildman–Crippen MR) is 128 cm³/mol. The Morgan fingerprint density at radius 3 is 2.85 bits per heavy atom. The van der Waals surface area contributed by atoms with Crippen molar-refractivity contribution in [2.45, 2.75) is 51.4 Å². The van der Waals surface area contributed by atoms with Gasteiger partial charge in [-0.05, 0) is 95.7 Å². The minimum atomic E-state index is -0.886. The van der Waals surface area contributed by atoms with Gasteiger partial charge in [-0.2, -0.15) is 0 Å². The lowest BCUT2D eigenvalue weighted by Crippen LogP contribution is -2.41. The molecule has 5 heteroatoms. The highest BCUT2D eigenvalue weighted by Gasteiger charge is 2.51. The summed E-state index contributed by atoms with van der Waals surface area (Å²) in [6.07, 6.45) is 11.9. The molecule has 1 amide bonds. The summed E-state index contributed by atoms with van der Waals surface area (Å²) in [5.41, 5.74) is 6.36. The van der Waals surface area contributed by atoms with Crippen molar-refractivity contribution in [3.63, 3.8) is 0 Å². The summed E-state index contributed by atoms with van der Waals surface area (Å²) in [5.74, 6) is 0.897. The van der Waals surface area contributed by atoms with Gasteiger partial charge >= 0.3 is 5.97 Å². The zero-order chi connectivity index (χ0) is 23.2. The van der Waals surface area contributed by atoms with E-state index >= 15 is 0 Å². The first kappa shape index (κ1) is 21.9. The molecule has 1 fully saturated rings. The smallest absolute Gasteiger partial charge is 0.305 e. The number of hydrogen-bond acceptors (Lipinski definition) is 3. The monoisotopic (exact) mass is 444 g/mol. The zero-order valence-electron chi connectivity index (χ0n) is 19.5. The third kappa shape index (κ3) is 3.77. The van der Waals surface area contributed by atoms with Crippen LogP contribution in [0.2, 0.25) is 0 Å². The van der Waals surface area contributed by atoms with Gasteiger partial charge in [0.1, 0.15) is 0 Å². The van der Waals surface area contributed by atoms with Crippen LogP contribution in [0.25, 0.3) is 5.57 Å². The standard InChI is InChI=1S/C28H32N2O3/c1-28-13-11-22-21-7-6-19(27(33)30(2)15-12-26(31)32)16-18(21)5-8-23(22)25(28)10-9-24(28)20-4-3-14-29-17-20/h3-4,6-7,9,14,16-17,22-23,25H,5,8,10-13,15H2,1-2H3,(H,31,32)/t22-,23-,25+,28-/m1/s1. The Bertz CT molecular complexity index is 1110. The van der Waals surface area contributed by atoms with Crippen LogP contribution in [0.5, 0.6) is 0 Å². The van der Waals surface area contributed by atoms with Gasteiger partial charge in [-0.25, -0.2) is 0 Å². The molecule has 5 nitrogen and oxygen atoms in total. The molecule has 33 heavy (non-hydrogen) atoms. The minimum Gasteiger partial charge on any atom is -0.481 e. The summed E-state index contributed by atoms with van der Waals surface area (Å²) >= 11 is 0. The molecule has 3 aliphatic rings. The number of pyridine rings is 1. The summed E-state index contributed by atoms with van der Waals surface area (Å²) in [5, 5.41) is 8.90. The molecule has 0 saturated heterocycles. The number of amides is 1. The van der Waals surface area contributed by atoms with Gasteiger partial charge in [0.25, 0.3) is 5.91 Å². The predicted octanol–water partition coefficient (Wildman–Crippen LogP) is 5.18. The lowest BCUT2D eigenvalue weighted by atomic mass is 9.54. The van der Waals surface area contributed by atoms with Gasteiger partial charge in [0.15, 0.2) is 0 Å². The van der Waals surface area contributed by atoms with E-state index in [2.05, 4.69) is 36.2 Å². The highest BCUT2D eigenvalue weighted by Crippen LogP contribution is 2.63. The number of carboxylic acids is 1. The number of hydrogen-bond donors (Lipinski definition) is 1. The van der Waals surface area contributed by atoms with E-state index in [9.17, 15) is 9.59 Å². The summed E-state index contributed by atoms with van der Waals surface area (Å²) < 4.78 is 0. The molecule has 172 valence electrons. The zero-order valence-corrected chi connectivity index (χ0v) is 19.5. The Hall–Kier alpha value is -2.95. The number of aromatic nitrogens is 1. The summed E-state index contributed by atoms with van der Waals surface area (Å²) in [4.78, 5) is 29.5. The molecule has 1 N–H and O–H groups in total. The number of nitrogens with zero attached hydrogens (tertiary/aromatic N) is 2. The Kier molecular flexibility index (Phi) is 5.59. The van der Waals surface area contributed by atoms with E-state index < -0.39 is 5.97 Å². The number of rotatable bonds is 5. The topological polar surface area (TPSA) is 70.5 Å². The van der Waals surface area contributed by atoms with Crippen LogP contribution in [-0.2, 0) is 11.2 Å². The summed E-state index contributed by atoms with van der Waals surface area (Å²) in [6.45, 7) is 2.69. The number of aliphatic carboxylic acids is 1. The molecular weight excluding hydrogens is 412 g/mol. The molecule has 1 aromatic carbocycles. The second-order valence-electron chi connectivity index (χ2n) is 10.3. The average molecular weight is 445 g/mol. The van der Waals surface area contributed by atoms with Crippen molar-refractivity contribution >= 4 is 17.4 Å².